The van der Waals surface area contributed by atoms with Gasteiger partial charge in [-0.2, -0.15) is 0 Å². The quantitative estimate of drug-likeness (QED) is 0.872. The van der Waals surface area contributed by atoms with Crippen LogP contribution in [0.3, 0.4) is 0 Å². The molecular weight excluding hydrogens is 275 g/mol. The van der Waals surface area contributed by atoms with Crippen LogP contribution >= 0.6 is 24.8 Å². The number of rotatable bonds is 4. The van der Waals surface area contributed by atoms with Crippen LogP contribution in [0, 0.1) is 0 Å². The van der Waals surface area contributed by atoms with Crippen LogP contribution in [0.4, 0.5) is 0 Å². The molecule has 1 unspecified atom stereocenters. The second-order valence-corrected chi connectivity index (χ2v) is 4.23. The van der Waals surface area contributed by atoms with Crippen molar-refractivity contribution in [1.82, 2.24) is 20.2 Å². The number of halogens is 2. The summed E-state index contributed by atoms with van der Waals surface area (Å²) < 4.78 is 1.91. The van der Waals surface area contributed by atoms with Gasteiger partial charge in [0.2, 0.25) is 5.91 Å². The van der Waals surface area contributed by atoms with Gasteiger partial charge in [-0.3, -0.25) is 4.79 Å². The molecule has 0 bridgehead atoms. The Balaban J connectivity index is 0.00000144. The van der Waals surface area contributed by atoms with Crippen LogP contribution in [0.25, 0.3) is 0 Å². The lowest BCUT2D eigenvalue weighted by Crippen LogP contribution is -2.32. The zero-order chi connectivity index (χ0) is 11.4. The molecule has 1 aliphatic heterocycles. The van der Waals surface area contributed by atoms with Crippen molar-refractivity contribution in [3.63, 3.8) is 0 Å². The number of imidazole rings is 1. The predicted molar refractivity (Wildman–Crippen MR) is 75.2 cm³/mol. The van der Waals surface area contributed by atoms with Gasteiger partial charge in [-0.25, -0.2) is 4.98 Å². The Hall–Kier alpha value is -0.780. The Kier molecular flexibility index (Phi) is 7.98. The SMILES string of the molecule is Cl.Cl.Cn1ccnc1CNC(=O)CC1CCCN1. The van der Waals surface area contributed by atoms with Crippen LogP contribution in [0.2, 0.25) is 0 Å². The highest BCUT2D eigenvalue weighted by Crippen LogP contribution is 2.08. The Labute approximate surface area is 120 Å². The molecule has 1 saturated heterocycles. The number of amides is 1. The molecule has 0 spiro atoms. The summed E-state index contributed by atoms with van der Waals surface area (Å²) in [4.78, 5) is 15.8. The fourth-order valence-corrected chi connectivity index (χ4v) is 1.97. The van der Waals surface area contributed by atoms with E-state index in [1.54, 1.807) is 6.20 Å². The number of carbonyl (C=O) groups is 1. The monoisotopic (exact) mass is 294 g/mol. The average Bonchev–Trinajstić information content (AvgIpc) is 2.87. The lowest BCUT2D eigenvalue weighted by Gasteiger charge is -2.10. The molecule has 0 aromatic carbocycles. The summed E-state index contributed by atoms with van der Waals surface area (Å²) in [6.07, 6.45) is 6.47. The summed E-state index contributed by atoms with van der Waals surface area (Å²) in [5, 5.41) is 6.20. The number of hydrogen-bond donors (Lipinski definition) is 2. The first-order valence-corrected chi connectivity index (χ1v) is 5.72. The summed E-state index contributed by atoms with van der Waals surface area (Å²) >= 11 is 0. The van der Waals surface area contributed by atoms with E-state index in [2.05, 4.69) is 15.6 Å². The van der Waals surface area contributed by atoms with E-state index >= 15 is 0 Å². The first-order valence-electron chi connectivity index (χ1n) is 5.72. The number of hydrogen-bond acceptors (Lipinski definition) is 3. The molecule has 104 valence electrons. The third kappa shape index (κ3) is 4.84. The third-order valence-electron chi connectivity index (χ3n) is 2.96. The molecule has 0 saturated carbocycles. The molecule has 1 atom stereocenters. The van der Waals surface area contributed by atoms with E-state index in [9.17, 15) is 4.79 Å². The van der Waals surface area contributed by atoms with Gasteiger partial charge < -0.3 is 15.2 Å². The molecule has 1 amide bonds. The third-order valence-corrected chi connectivity index (χ3v) is 2.96. The lowest BCUT2D eigenvalue weighted by molar-refractivity contribution is -0.121. The number of nitrogens with zero attached hydrogens (tertiary/aromatic N) is 2. The summed E-state index contributed by atoms with van der Waals surface area (Å²) in [5.41, 5.74) is 0. The smallest absolute Gasteiger partial charge is 0.221 e. The van der Waals surface area contributed by atoms with Crippen LogP contribution in [0.1, 0.15) is 25.1 Å². The minimum absolute atomic E-state index is 0. The number of aromatic nitrogens is 2. The van der Waals surface area contributed by atoms with Crippen molar-refractivity contribution < 1.29 is 4.79 Å². The fraction of sp³-hybridized carbons (Fsp3) is 0.636. The van der Waals surface area contributed by atoms with E-state index in [0.717, 1.165) is 18.8 Å². The van der Waals surface area contributed by atoms with Crippen molar-refractivity contribution in [1.29, 1.82) is 0 Å². The summed E-state index contributed by atoms with van der Waals surface area (Å²) in [6, 6.07) is 0.362. The lowest BCUT2D eigenvalue weighted by atomic mass is 10.1. The minimum atomic E-state index is 0. The average molecular weight is 295 g/mol. The minimum Gasteiger partial charge on any atom is -0.349 e. The maximum Gasteiger partial charge on any atom is 0.221 e. The van der Waals surface area contributed by atoms with Crippen molar-refractivity contribution in [3.05, 3.63) is 18.2 Å². The van der Waals surface area contributed by atoms with Crippen molar-refractivity contribution in [3.8, 4) is 0 Å². The first kappa shape index (κ1) is 17.2. The van der Waals surface area contributed by atoms with E-state index in [1.807, 2.05) is 17.8 Å². The topological polar surface area (TPSA) is 59.0 Å². The van der Waals surface area contributed by atoms with Crippen molar-refractivity contribution in [2.45, 2.75) is 31.8 Å². The van der Waals surface area contributed by atoms with Crippen LogP contribution in [0.15, 0.2) is 12.4 Å². The predicted octanol–water partition coefficient (Wildman–Crippen LogP) is 1.02. The summed E-state index contributed by atoms with van der Waals surface area (Å²) in [6.45, 7) is 1.55. The molecule has 18 heavy (non-hydrogen) atoms. The molecule has 1 aliphatic rings. The van der Waals surface area contributed by atoms with Crippen molar-refractivity contribution in [2.24, 2.45) is 7.05 Å². The molecule has 1 aromatic rings. The molecule has 7 heteroatoms. The van der Waals surface area contributed by atoms with E-state index in [1.165, 1.54) is 6.42 Å². The van der Waals surface area contributed by atoms with Crippen molar-refractivity contribution >= 4 is 30.7 Å². The standard InChI is InChI=1S/C11H18N4O.2ClH/c1-15-6-5-13-10(15)8-14-11(16)7-9-3-2-4-12-9;;/h5-6,9,12H,2-4,7-8H2,1H3,(H,14,16);2*1H. The molecule has 0 aliphatic carbocycles. The highest BCUT2D eigenvalue weighted by molar-refractivity contribution is 5.85. The Bertz CT molecular complexity index is 364. The van der Waals surface area contributed by atoms with E-state index in [-0.39, 0.29) is 30.7 Å². The van der Waals surface area contributed by atoms with Gasteiger partial charge in [0.05, 0.1) is 6.54 Å². The molecule has 5 nitrogen and oxygen atoms in total. The van der Waals surface area contributed by atoms with Crippen LogP contribution < -0.4 is 10.6 Å². The summed E-state index contributed by atoms with van der Waals surface area (Å²) in [7, 11) is 1.92. The highest BCUT2D eigenvalue weighted by atomic mass is 35.5. The molecule has 2 heterocycles. The molecular formula is C11H20Cl2N4O. The Morgan fingerprint density at radius 2 is 2.39 bits per heavy atom. The Morgan fingerprint density at radius 3 is 2.94 bits per heavy atom. The van der Waals surface area contributed by atoms with Crippen LogP contribution in [0.5, 0.6) is 0 Å². The fourth-order valence-electron chi connectivity index (χ4n) is 1.97. The number of aryl methyl sites for hydroxylation is 1. The van der Waals surface area contributed by atoms with Gasteiger partial charge >= 0.3 is 0 Å². The maximum absolute atomic E-state index is 11.6. The normalized spacial score (nSPS) is 17.7. The Morgan fingerprint density at radius 1 is 1.61 bits per heavy atom. The van der Waals surface area contributed by atoms with Crippen molar-refractivity contribution in [2.75, 3.05) is 6.54 Å². The maximum atomic E-state index is 11.6. The molecule has 0 radical (unpaired) electrons. The van der Waals surface area contributed by atoms with E-state index in [0.29, 0.717) is 19.0 Å². The van der Waals surface area contributed by atoms with E-state index in [4.69, 9.17) is 0 Å². The van der Waals surface area contributed by atoms with E-state index < -0.39 is 0 Å². The highest BCUT2D eigenvalue weighted by Gasteiger charge is 2.17. The first-order chi connectivity index (χ1) is 7.75. The van der Waals surface area contributed by atoms with Crippen LogP contribution in [-0.2, 0) is 18.4 Å². The van der Waals surface area contributed by atoms with Gasteiger partial charge in [0.25, 0.3) is 0 Å². The number of carbonyl (C=O) groups excluding carboxylic acids is 1. The molecule has 2 rings (SSSR count). The zero-order valence-electron chi connectivity index (χ0n) is 10.4. The zero-order valence-corrected chi connectivity index (χ0v) is 12.0. The largest absolute Gasteiger partial charge is 0.349 e. The molecule has 1 fully saturated rings. The van der Waals surface area contributed by atoms with Crippen LogP contribution in [-0.4, -0.2) is 28.0 Å². The van der Waals surface area contributed by atoms with Gasteiger partial charge in [0.15, 0.2) is 0 Å². The van der Waals surface area contributed by atoms with Gasteiger partial charge in [-0.05, 0) is 19.4 Å². The van der Waals surface area contributed by atoms with Gasteiger partial charge in [-0.1, -0.05) is 0 Å². The second kappa shape index (κ2) is 8.34. The summed E-state index contributed by atoms with van der Waals surface area (Å²) in [5.74, 6) is 0.982. The van der Waals surface area contributed by atoms with Gasteiger partial charge in [0.1, 0.15) is 5.82 Å². The number of nitrogens with one attached hydrogen (secondary N) is 2. The second-order valence-electron chi connectivity index (χ2n) is 4.23. The van der Waals surface area contributed by atoms with Gasteiger partial charge in [0, 0.05) is 31.9 Å². The molecule has 2 N–H and O–H groups in total. The molecule has 1 aromatic heterocycles. The van der Waals surface area contributed by atoms with Gasteiger partial charge in [-0.15, -0.1) is 24.8 Å².